The van der Waals surface area contributed by atoms with Crippen molar-refractivity contribution in [3.05, 3.63) is 24.0 Å². The summed E-state index contributed by atoms with van der Waals surface area (Å²) >= 11 is 0. The van der Waals surface area contributed by atoms with E-state index in [1.54, 1.807) is 6.20 Å². The van der Waals surface area contributed by atoms with Crippen molar-refractivity contribution < 1.29 is 0 Å². The third kappa shape index (κ3) is 2.26. The summed E-state index contributed by atoms with van der Waals surface area (Å²) in [6, 6.07) is 3.74. The lowest BCUT2D eigenvalue weighted by Crippen LogP contribution is -2.02. The van der Waals surface area contributed by atoms with Crippen molar-refractivity contribution in [1.82, 2.24) is 4.98 Å². The van der Waals surface area contributed by atoms with Crippen molar-refractivity contribution in [3.63, 3.8) is 0 Å². The fraction of sp³-hybridized carbons (Fsp3) is 0.222. The van der Waals surface area contributed by atoms with Crippen molar-refractivity contribution in [2.75, 3.05) is 11.9 Å². The smallest absolute Gasteiger partial charge is 0.0763 e. The molecule has 0 saturated heterocycles. The minimum absolute atomic E-state index is 0.450. The van der Waals surface area contributed by atoms with Gasteiger partial charge < -0.3 is 11.1 Å². The highest BCUT2D eigenvalue weighted by Crippen LogP contribution is 2.06. The minimum atomic E-state index is 0.450. The molecule has 3 heteroatoms. The van der Waals surface area contributed by atoms with Crippen LogP contribution in [0.1, 0.15) is 5.69 Å². The molecule has 0 aliphatic rings. The molecule has 0 amide bonds. The van der Waals surface area contributed by atoms with Crippen LogP contribution < -0.4 is 11.1 Å². The second kappa shape index (κ2) is 4.37. The molecule has 0 unspecified atom stereocenters. The molecule has 0 fully saturated rings. The summed E-state index contributed by atoms with van der Waals surface area (Å²) in [5, 5.41) is 3.04. The molecule has 0 aromatic carbocycles. The summed E-state index contributed by atoms with van der Waals surface area (Å²) in [5.41, 5.74) is 7.24. The van der Waals surface area contributed by atoms with Gasteiger partial charge in [0.05, 0.1) is 12.2 Å². The number of terminal acetylenes is 1. The van der Waals surface area contributed by atoms with E-state index < -0.39 is 0 Å². The third-order valence-corrected chi connectivity index (χ3v) is 1.42. The summed E-state index contributed by atoms with van der Waals surface area (Å²) in [6.07, 6.45) is 6.80. The Bertz CT molecular complexity index is 288. The van der Waals surface area contributed by atoms with E-state index in [2.05, 4.69) is 16.2 Å². The summed E-state index contributed by atoms with van der Waals surface area (Å²) in [7, 11) is 0. The number of aromatic nitrogens is 1. The zero-order chi connectivity index (χ0) is 8.81. The van der Waals surface area contributed by atoms with Crippen LogP contribution in [0.3, 0.4) is 0 Å². The maximum absolute atomic E-state index is 5.42. The molecule has 0 aliphatic heterocycles. The molecule has 0 aliphatic carbocycles. The number of anilines is 1. The highest BCUT2D eigenvalue weighted by molar-refractivity contribution is 5.44. The number of hydrogen-bond acceptors (Lipinski definition) is 3. The zero-order valence-electron chi connectivity index (χ0n) is 6.75. The van der Waals surface area contributed by atoms with Crippen LogP contribution >= 0.6 is 0 Å². The maximum Gasteiger partial charge on any atom is 0.0763 e. The SMILES string of the molecule is C#CCNc1ccnc(CN)c1. The summed E-state index contributed by atoms with van der Waals surface area (Å²) in [5.74, 6) is 2.49. The van der Waals surface area contributed by atoms with Crippen LogP contribution in [0.15, 0.2) is 18.3 Å². The van der Waals surface area contributed by atoms with Crippen LogP contribution in [0.4, 0.5) is 5.69 Å². The Morgan fingerprint density at radius 1 is 1.67 bits per heavy atom. The van der Waals surface area contributed by atoms with Gasteiger partial charge in [-0.1, -0.05) is 5.92 Å². The van der Waals surface area contributed by atoms with Gasteiger partial charge in [-0.25, -0.2) is 0 Å². The normalized spacial score (nSPS) is 9.00. The molecular weight excluding hydrogens is 150 g/mol. The van der Waals surface area contributed by atoms with Crippen LogP contribution in [0.25, 0.3) is 0 Å². The van der Waals surface area contributed by atoms with Gasteiger partial charge in [0.2, 0.25) is 0 Å². The van der Waals surface area contributed by atoms with Crippen LogP contribution in [-0.4, -0.2) is 11.5 Å². The standard InChI is InChI=1S/C9H11N3/c1-2-4-11-8-3-5-12-9(6-8)7-10/h1,3,5-6H,4,7,10H2,(H,11,12). The van der Waals surface area contributed by atoms with Crippen molar-refractivity contribution in [1.29, 1.82) is 0 Å². The van der Waals surface area contributed by atoms with Crippen molar-refractivity contribution in [3.8, 4) is 12.3 Å². The van der Waals surface area contributed by atoms with Gasteiger partial charge in [-0.05, 0) is 12.1 Å². The molecule has 1 heterocycles. The van der Waals surface area contributed by atoms with Crippen LogP contribution in [0, 0.1) is 12.3 Å². The quantitative estimate of drug-likeness (QED) is 0.638. The number of pyridine rings is 1. The van der Waals surface area contributed by atoms with E-state index in [4.69, 9.17) is 12.2 Å². The summed E-state index contributed by atoms with van der Waals surface area (Å²) in [6.45, 7) is 0.972. The molecule has 0 saturated carbocycles. The first-order chi connectivity index (χ1) is 5.86. The molecule has 1 aromatic heterocycles. The van der Waals surface area contributed by atoms with Crippen molar-refractivity contribution >= 4 is 5.69 Å². The molecule has 0 spiro atoms. The Balaban J connectivity index is 2.67. The fourth-order valence-electron chi connectivity index (χ4n) is 0.853. The van der Waals surface area contributed by atoms with E-state index in [0.717, 1.165) is 11.4 Å². The lowest BCUT2D eigenvalue weighted by Gasteiger charge is -2.02. The Kier molecular flexibility index (Phi) is 3.12. The van der Waals surface area contributed by atoms with Gasteiger partial charge >= 0.3 is 0 Å². The molecule has 0 radical (unpaired) electrons. The molecular formula is C9H11N3. The summed E-state index contributed by atoms with van der Waals surface area (Å²) in [4.78, 5) is 4.05. The molecule has 0 atom stereocenters. The van der Waals surface area contributed by atoms with Gasteiger partial charge in [0.1, 0.15) is 0 Å². The molecule has 1 rings (SSSR count). The predicted molar refractivity (Wildman–Crippen MR) is 49.5 cm³/mol. The Labute approximate surface area is 72.0 Å². The predicted octanol–water partition coefficient (Wildman–Crippen LogP) is 0.585. The molecule has 62 valence electrons. The summed E-state index contributed by atoms with van der Waals surface area (Å²) < 4.78 is 0. The largest absolute Gasteiger partial charge is 0.374 e. The second-order valence-corrected chi connectivity index (χ2v) is 2.30. The molecule has 3 nitrogen and oxygen atoms in total. The monoisotopic (exact) mass is 161 g/mol. The first-order valence-electron chi connectivity index (χ1n) is 3.69. The van der Waals surface area contributed by atoms with E-state index in [1.165, 1.54) is 0 Å². The van der Waals surface area contributed by atoms with Gasteiger partial charge in [0, 0.05) is 18.4 Å². The van der Waals surface area contributed by atoms with Gasteiger partial charge in [-0.2, -0.15) is 0 Å². The third-order valence-electron chi connectivity index (χ3n) is 1.42. The van der Waals surface area contributed by atoms with Crippen molar-refractivity contribution in [2.24, 2.45) is 5.73 Å². The topological polar surface area (TPSA) is 50.9 Å². The average molecular weight is 161 g/mol. The highest BCUT2D eigenvalue weighted by atomic mass is 14.9. The van der Waals surface area contributed by atoms with Crippen LogP contribution in [0.5, 0.6) is 0 Å². The molecule has 0 bridgehead atoms. The zero-order valence-corrected chi connectivity index (χ0v) is 6.75. The number of nitrogens with two attached hydrogens (primary N) is 1. The Morgan fingerprint density at radius 3 is 3.17 bits per heavy atom. The highest BCUT2D eigenvalue weighted by Gasteiger charge is 1.92. The lowest BCUT2D eigenvalue weighted by molar-refractivity contribution is 0.990. The van der Waals surface area contributed by atoms with E-state index in [1.807, 2.05) is 12.1 Å². The lowest BCUT2D eigenvalue weighted by atomic mass is 10.3. The van der Waals surface area contributed by atoms with Gasteiger partial charge in [0.25, 0.3) is 0 Å². The molecule has 3 N–H and O–H groups in total. The van der Waals surface area contributed by atoms with Gasteiger partial charge in [0.15, 0.2) is 0 Å². The minimum Gasteiger partial charge on any atom is -0.374 e. The Morgan fingerprint density at radius 2 is 2.50 bits per heavy atom. The number of nitrogens with zero attached hydrogens (tertiary/aromatic N) is 1. The Hall–Kier alpha value is -1.53. The van der Waals surface area contributed by atoms with Crippen molar-refractivity contribution in [2.45, 2.75) is 6.54 Å². The number of hydrogen-bond donors (Lipinski definition) is 2. The van der Waals surface area contributed by atoms with Gasteiger partial charge in [-0.15, -0.1) is 6.42 Å². The first-order valence-corrected chi connectivity index (χ1v) is 3.69. The number of rotatable bonds is 3. The fourth-order valence-corrected chi connectivity index (χ4v) is 0.853. The van der Waals surface area contributed by atoms with Gasteiger partial charge in [-0.3, -0.25) is 4.98 Å². The molecule has 12 heavy (non-hydrogen) atoms. The molecule has 1 aromatic rings. The first kappa shape index (κ1) is 8.57. The van der Waals surface area contributed by atoms with E-state index in [9.17, 15) is 0 Å². The number of nitrogens with one attached hydrogen (secondary N) is 1. The maximum atomic E-state index is 5.42. The second-order valence-electron chi connectivity index (χ2n) is 2.30. The van der Waals surface area contributed by atoms with Crippen LogP contribution in [-0.2, 0) is 6.54 Å². The van der Waals surface area contributed by atoms with E-state index in [-0.39, 0.29) is 0 Å². The van der Waals surface area contributed by atoms with Crippen LogP contribution in [0.2, 0.25) is 0 Å². The van der Waals surface area contributed by atoms with E-state index >= 15 is 0 Å². The van der Waals surface area contributed by atoms with E-state index in [0.29, 0.717) is 13.1 Å². The average Bonchev–Trinajstić information content (AvgIpc) is 2.15.